The first-order valence-electron chi connectivity index (χ1n) is 10.8. The standard InChI is InChI=1S/C24H25F4N5O3/c1-12-18(20(34)22(36)30-23(3,4)17-9-10-32(5)31-17)13(2)33(6)19(12)21(35)29-14-7-8-16(25)15(11-14)24(26,27)28/h7-11H,1-6H3,(H,29,35)(H,30,36). The zero-order valence-corrected chi connectivity index (χ0v) is 20.5. The first-order chi connectivity index (χ1) is 16.5. The van der Waals surface area contributed by atoms with E-state index in [9.17, 15) is 31.9 Å². The minimum absolute atomic E-state index is 0.00735. The van der Waals surface area contributed by atoms with Crippen molar-refractivity contribution in [1.29, 1.82) is 0 Å². The number of ketones is 1. The van der Waals surface area contributed by atoms with Crippen molar-refractivity contribution in [3.63, 3.8) is 0 Å². The number of rotatable bonds is 6. The quantitative estimate of drug-likeness (QED) is 0.299. The lowest BCUT2D eigenvalue weighted by atomic mass is 9.99. The molecule has 2 aromatic heterocycles. The van der Waals surface area contributed by atoms with Crippen molar-refractivity contribution < 1.29 is 31.9 Å². The van der Waals surface area contributed by atoms with Crippen molar-refractivity contribution >= 4 is 23.3 Å². The molecule has 0 aliphatic rings. The number of amides is 2. The molecule has 0 aliphatic heterocycles. The molecule has 0 aliphatic carbocycles. The number of halogens is 4. The molecule has 8 nitrogen and oxygen atoms in total. The molecule has 192 valence electrons. The van der Waals surface area contributed by atoms with Crippen LogP contribution in [-0.4, -0.2) is 31.9 Å². The predicted molar refractivity (Wildman–Crippen MR) is 123 cm³/mol. The van der Waals surface area contributed by atoms with Gasteiger partial charge in [0.05, 0.1) is 22.4 Å². The third-order valence-electron chi connectivity index (χ3n) is 5.89. The Morgan fingerprint density at radius 3 is 2.22 bits per heavy atom. The van der Waals surface area contributed by atoms with Gasteiger partial charge < -0.3 is 15.2 Å². The van der Waals surface area contributed by atoms with Crippen molar-refractivity contribution in [1.82, 2.24) is 19.7 Å². The fourth-order valence-corrected chi connectivity index (χ4v) is 3.91. The van der Waals surface area contributed by atoms with Crippen LogP contribution in [0.25, 0.3) is 0 Å². The monoisotopic (exact) mass is 507 g/mol. The highest BCUT2D eigenvalue weighted by Crippen LogP contribution is 2.33. The van der Waals surface area contributed by atoms with Crippen LogP contribution in [0.1, 0.15) is 57.2 Å². The maximum atomic E-state index is 13.6. The van der Waals surface area contributed by atoms with Gasteiger partial charge in [-0.05, 0) is 57.5 Å². The molecule has 0 saturated carbocycles. The van der Waals surface area contributed by atoms with Gasteiger partial charge in [-0.3, -0.25) is 19.1 Å². The lowest BCUT2D eigenvalue weighted by Crippen LogP contribution is -2.45. The molecule has 0 spiro atoms. The van der Waals surface area contributed by atoms with Crippen LogP contribution in [0.2, 0.25) is 0 Å². The predicted octanol–water partition coefficient (Wildman–Crippen LogP) is 4.02. The summed E-state index contributed by atoms with van der Waals surface area (Å²) in [4.78, 5) is 38.9. The number of aryl methyl sites for hydroxylation is 1. The number of aromatic nitrogens is 3. The van der Waals surface area contributed by atoms with Gasteiger partial charge in [0, 0.05) is 31.7 Å². The van der Waals surface area contributed by atoms with Crippen LogP contribution in [0, 0.1) is 19.7 Å². The molecule has 2 N–H and O–H groups in total. The normalized spacial score (nSPS) is 11.9. The number of Topliss-reactive ketones (excluding diaryl/α,β-unsaturated/α-hetero) is 1. The molecule has 2 amide bonds. The smallest absolute Gasteiger partial charge is 0.343 e. The first-order valence-corrected chi connectivity index (χ1v) is 10.8. The van der Waals surface area contributed by atoms with E-state index in [0.717, 1.165) is 6.07 Å². The van der Waals surface area contributed by atoms with Gasteiger partial charge in [0.1, 0.15) is 11.5 Å². The molecule has 3 rings (SSSR count). The zero-order valence-electron chi connectivity index (χ0n) is 20.5. The van der Waals surface area contributed by atoms with Crippen LogP contribution in [0.3, 0.4) is 0 Å². The number of carbonyl (C=O) groups is 3. The van der Waals surface area contributed by atoms with Crippen LogP contribution in [-0.2, 0) is 30.6 Å². The summed E-state index contributed by atoms with van der Waals surface area (Å²) in [5.74, 6) is -4.10. The lowest BCUT2D eigenvalue weighted by molar-refractivity contribution is -0.140. The molecule has 0 atom stereocenters. The Balaban J connectivity index is 1.89. The SMILES string of the molecule is Cc1c(C(=O)C(=O)NC(C)(C)c2ccn(C)n2)c(C)n(C)c1C(=O)Nc1ccc(F)c(C(F)(F)F)c1. The summed E-state index contributed by atoms with van der Waals surface area (Å²) in [6.45, 7) is 6.36. The second-order valence-electron chi connectivity index (χ2n) is 8.92. The van der Waals surface area contributed by atoms with Gasteiger partial charge in [-0.25, -0.2) is 4.39 Å². The summed E-state index contributed by atoms with van der Waals surface area (Å²) >= 11 is 0. The van der Waals surface area contributed by atoms with Crippen LogP contribution in [0.4, 0.5) is 23.2 Å². The summed E-state index contributed by atoms with van der Waals surface area (Å²) in [5, 5.41) is 9.20. The van der Waals surface area contributed by atoms with Crippen molar-refractivity contribution in [2.75, 3.05) is 5.32 Å². The molecular weight excluding hydrogens is 482 g/mol. The van der Waals surface area contributed by atoms with Crippen molar-refractivity contribution in [2.24, 2.45) is 14.1 Å². The molecule has 12 heteroatoms. The van der Waals surface area contributed by atoms with Gasteiger partial charge in [-0.2, -0.15) is 18.3 Å². The van der Waals surface area contributed by atoms with Crippen LogP contribution < -0.4 is 10.6 Å². The molecule has 0 unspecified atom stereocenters. The Hall–Kier alpha value is -3.96. The Labute approximate surface area is 204 Å². The van der Waals surface area contributed by atoms with E-state index in [4.69, 9.17) is 0 Å². The first kappa shape index (κ1) is 26.6. The average molecular weight is 507 g/mol. The molecule has 2 heterocycles. The molecule has 0 saturated heterocycles. The largest absolute Gasteiger partial charge is 0.419 e. The average Bonchev–Trinajstić information content (AvgIpc) is 3.29. The van der Waals surface area contributed by atoms with Crippen LogP contribution in [0.5, 0.6) is 0 Å². The van der Waals surface area contributed by atoms with Gasteiger partial charge in [0.2, 0.25) is 0 Å². The van der Waals surface area contributed by atoms with E-state index >= 15 is 0 Å². The fraction of sp³-hybridized carbons (Fsp3) is 0.333. The number of hydrogen-bond donors (Lipinski definition) is 2. The van der Waals surface area contributed by atoms with E-state index in [-0.39, 0.29) is 22.5 Å². The molecule has 0 bridgehead atoms. The minimum atomic E-state index is -4.95. The minimum Gasteiger partial charge on any atom is -0.343 e. The van der Waals surface area contributed by atoms with E-state index in [1.807, 2.05) is 0 Å². The number of alkyl halides is 3. The Morgan fingerprint density at radius 2 is 1.67 bits per heavy atom. The highest BCUT2D eigenvalue weighted by atomic mass is 19.4. The van der Waals surface area contributed by atoms with E-state index in [1.165, 1.54) is 25.5 Å². The number of nitrogens with zero attached hydrogens (tertiary/aromatic N) is 3. The Kier molecular flexibility index (Phi) is 6.84. The molecule has 1 aromatic carbocycles. The summed E-state index contributed by atoms with van der Waals surface area (Å²) in [6, 6.07) is 3.78. The number of anilines is 1. The van der Waals surface area contributed by atoms with Gasteiger partial charge in [-0.1, -0.05) is 0 Å². The second-order valence-corrected chi connectivity index (χ2v) is 8.92. The summed E-state index contributed by atoms with van der Waals surface area (Å²) in [7, 11) is 3.20. The maximum Gasteiger partial charge on any atom is 0.419 e. The lowest BCUT2D eigenvalue weighted by Gasteiger charge is -2.23. The van der Waals surface area contributed by atoms with E-state index in [2.05, 4.69) is 15.7 Å². The number of nitrogens with one attached hydrogen (secondary N) is 2. The van der Waals surface area contributed by atoms with Gasteiger partial charge in [0.15, 0.2) is 0 Å². The third-order valence-corrected chi connectivity index (χ3v) is 5.89. The van der Waals surface area contributed by atoms with Gasteiger partial charge >= 0.3 is 6.18 Å². The van der Waals surface area contributed by atoms with Crippen LogP contribution in [0.15, 0.2) is 30.5 Å². The van der Waals surface area contributed by atoms with Crippen molar-refractivity contribution in [3.05, 3.63) is 70.1 Å². The number of carbonyl (C=O) groups excluding carboxylic acids is 3. The number of hydrogen-bond acceptors (Lipinski definition) is 4. The van der Waals surface area contributed by atoms with Crippen LogP contribution >= 0.6 is 0 Å². The zero-order chi connectivity index (χ0) is 27.2. The topological polar surface area (TPSA) is 98.0 Å². The number of benzene rings is 1. The van der Waals surface area contributed by atoms with Gasteiger partial charge in [-0.15, -0.1) is 0 Å². The summed E-state index contributed by atoms with van der Waals surface area (Å²) in [5.41, 5.74) is -1.81. The van der Waals surface area contributed by atoms with E-state index in [0.29, 0.717) is 23.5 Å². The van der Waals surface area contributed by atoms with E-state index < -0.39 is 40.7 Å². The fourth-order valence-electron chi connectivity index (χ4n) is 3.91. The summed E-state index contributed by atoms with van der Waals surface area (Å²) < 4.78 is 55.6. The van der Waals surface area contributed by atoms with Crippen molar-refractivity contribution in [2.45, 2.75) is 39.4 Å². The highest BCUT2D eigenvalue weighted by molar-refractivity contribution is 6.43. The summed E-state index contributed by atoms with van der Waals surface area (Å²) in [6.07, 6.45) is -3.25. The molecule has 0 radical (unpaired) electrons. The Morgan fingerprint density at radius 1 is 1.03 bits per heavy atom. The third kappa shape index (κ3) is 5.02. The van der Waals surface area contributed by atoms with Crippen molar-refractivity contribution in [3.8, 4) is 0 Å². The van der Waals surface area contributed by atoms with Gasteiger partial charge in [0.25, 0.3) is 17.6 Å². The molecule has 3 aromatic rings. The molecule has 36 heavy (non-hydrogen) atoms. The molecule has 0 fully saturated rings. The Bertz CT molecular complexity index is 1370. The second kappa shape index (κ2) is 9.25. The highest BCUT2D eigenvalue weighted by Gasteiger charge is 2.35. The molecular formula is C24H25F4N5O3. The maximum absolute atomic E-state index is 13.6. The van der Waals surface area contributed by atoms with E-state index in [1.54, 1.807) is 37.8 Å².